The summed E-state index contributed by atoms with van der Waals surface area (Å²) in [6.07, 6.45) is 11.0. The third-order valence-electron chi connectivity index (χ3n) is 8.44. The van der Waals surface area contributed by atoms with Crippen LogP contribution in [-0.4, -0.2) is 11.6 Å². The molecule has 4 aliphatic rings. The summed E-state index contributed by atoms with van der Waals surface area (Å²) in [5.41, 5.74) is 1.62. The number of ketones is 2. The lowest BCUT2D eigenvalue weighted by molar-refractivity contribution is -0.138. The maximum Gasteiger partial charge on any atom is 0.156 e. The minimum atomic E-state index is 0.126. The molecule has 0 aromatic carbocycles. The highest BCUT2D eigenvalue weighted by Crippen LogP contribution is 2.66. The van der Waals surface area contributed by atoms with E-state index in [-0.39, 0.29) is 11.2 Å². The molecule has 0 aliphatic heterocycles. The zero-order chi connectivity index (χ0) is 16.4. The molecule has 6 atom stereocenters. The van der Waals surface area contributed by atoms with Crippen LogP contribution < -0.4 is 0 Å². The van der Waals surface area contributed by atoms with Crippen LogP contribution in [0.5, 0.6) is 0 Å². The molecule has 0 bridgehead atoms. The third kappa shape index (κ3) is 2.06. The van der Waals surface area contributed by atoms with Crippen molar-refractivity contribution in [2.24, 2.45) is 34.5 Å². The summed E-state index contributed by atoms with van der Waals surface area (Å²) in [5.74, 6) is 3.60. The Labute approximate surface area is 140 Å². The van der Waals surface area contributed by atoms with Crippen molar-refractivity contribution in [2.45, 2.75) is 72.1 Å². The topological polar surface area (TPSA) is 34.1 Å². The van der Waals surface area contributed by atoms with E-state index in [1.54, 1.807) is 6.92 Å². The summed E-state index contributed by atoms with van der Waals surface area (Å²) in [5, 5.41) is 0. The van der Waals surface area contributed by atoms with Crippen LogP contribution in [0.4, 0.5) is 0 Å². The highest BCUT2D eigenvalue weighted by molar-refractivity contribution is 5.95. The summed E-state index contributed by atoms with van der Waals surface area (Å²) in [7, 11) is 0. The first-order valence-corrected chi connectivity index (χ1v) is 9.59. The predicted octanol–water partition coefficient (Wildman–Crippen LogP) is 4.72. The first kappa shape index (κ1) is 15.6. The Bertz CT molecular complexity index is 589. The van der Waals surface area contributed by atoms with Crippen molar-refractivity contribution in [1.82, 2.24) is 0 Å². The van der Waals surface area contributed by atoms with E-state index in [0.717, 1.165) is 43.1 Å². The number of carbonyl (C=O) groups excluding carboxylic acids is 2. The van der Waals surface area contributed by atoms with Crippen LogP contribution in [0.25, 0.3) is 0 Å². The van der Waals surface area contributed by atoms with E-state index >= 15 is 0 Å². The molecule has 0 heterocycles. The molecular formula is C21H30O2. The van der Waals surface area contributed by atoms with E-state index in [0.29, 0.717) is 23.0 Å². The smallest absolute Gasteiger partial charge is 0.156 e. The van der Waals surface area contributed by atoms with Gasteiger partial charge >= 0.3 is 0 Å². The summed E-state index contributed by atoms with van der Waals surface area (Å²) in [6, 6.07) is 0. The molecule has 0 saturated heterocycles. The lowest BCUT2D eigenvalue weighted by atomic mass is 9.44. The molecule has 2 heteroatoms. The van der Waals surface area contributed by atoms with E-state index in [1.165, 1.54) is 25.7 Å². The van der Waals surface area contributed by atoms with Crippen molar-refractivity contribution in [1.29, 1.82) is 0 Å². The van der Waals surface area contributed by atoms with Crippen molar-refractivity contribution < 1.29 is 9.59 Å². The fourth-order valence-electron chi connectivity index (χ4n) is 7.16. The summed E-state index contributed by atoms with van der Waals surface area (Å²) >= 11 is 0. The fraction of sp³-hybridized carbons (Fsp3) is 0.810. The van der Waals surface area contributed by atoms with Gasteiger partial charge in [0.25, 0.3) is 0 Å². The lowest BCUT2D eigenvalue weighted by Crippen LogP contribution is -2.53. The van der Waals surface area contributed by atoms with Gasteiger partial charge in [0.05, 0.1) is 0 Å². The van der Waals surface area contributed by atoms with Crippen LogP contribution >= 0.6 is 0 Å². The van der Waals surface area contributed by atoms with Crippen molar-refractivity contribution in [3.63, 3.8) is 0 Å². The number of hydrogen-bond donors (Lipinski definition) is 0. The molecule has 0 unspecified atom stereocenters. The Morgan fingerprint density at radius 3 is 2.65 bits per heavy atom. The number of fused-ring (bicyclic) bond motifs is 5. The maximum absolute atomic E-state index is 12.1. The average molecular weight is 314 g/mol. The molecule has 4 rings (SSSR count). The van der Waals surface area contributed by atoms with Crippen molar-refractivity contribution >= 4 is 11.6 Å². The van der Waals surface area contributed by atoms with E-state index in [4.69, 9.17) is 0 Å². The van der Waals surface area contributed by atoms with Gasteiger partial charge < -0.3 is 0 Å². The van der Waals surface area contributed by atoms with E-state index in [1.807, 2.05) is 0 Å². The van der Waals surface area contributed by atoms with Gasteiger partial charge in [0, 0.05) is 12.8 Å². The zero-order valence-electron chi connectivity index (χ0n) is 14.9. The van der Waals surface area contributed by atoms with Gasteiger partial charge in [-0.2, -0.15) is 0 Å². The quantitative estimate of drug-likeness (QED) is 0.701. The van der Waals surface area contributed by atoms with Crippen molar-refractivity contribution in [2.75, 3.05) is 0 Å². The number of hydrogen-bond acceptors (Lipinski definition) is 2. The van der Waals surface area contributed by atoms with Gasteiger partial charge in [-0.25, -0.2) is 0 Å². The van der Waals surface area contributed by atoms with Crippen LogP contribution in [0.15, 0.2) is 11.6 Å². The number of carbonyl (C=O) groups is 2. The molecule has 0 radical (unpaired) electrons. The second kappa shape index (κ2) is 5.04. The van der Waals surface area contributed by atoms with Crippen LogP contribution in [0, 0.1) is 34.5 Å². The van der Waals surface area contributed by atoms with Crippen molar-refractivity contribution in [3.05, 3.63) is 11.6 Å². The van der Waals surface area contributed by atoms with Gasteiger partial charge in [-0.15, -0.1) is 0 Å². The molecule has 0 aromatic rings. The van der Waals surface area contributed by atoms with E-state index in [9.17, 15) is 9.59 Å². The van der Waals surface area contributed by atoms with Gasteiger partial charge in [0.1, 0.15) is 5.78 Å². The summed E-state index contributed by atoms with van der Waals surface area (Å²) in [6.45, 7) is 6.58. The average Bonchev–Trinajstić information content (AvgIpc) is 2.85. The van der Waals surface area contributed by atoms with Crippen LogP contribution in [0.1, 0.15) is 72.1 Å². The molecule has 0 spiro atoms. The van der Waals surface area contributed by atoms with E-state index < -0.39 is 0 Å². The van der Waals surface area contributed by atoms with Gasteiger partial charge in [-0.05, 0) is 85.5 Å². The van der Waals surface area contributed by atoms with Crippen LogP contribution in [-0.2, 0) is 9.59 Å². The summed E-state index contributed by atoms with van der Waals surface area (Å²) < 4.78 is 0. The Morgan fingerprint density at radius 2 is 1.91 bits per heavy atom. The number of Topliss-reactive ketones (excluding diaryl/α,β-unsaturated/α-hetero) is 2. The van der Waals surface area contributed by atoms with Crippen LogP contribution in [0.2, 0.25) is 0 Å². The number of allylic oxidation sites excluding steroid dienone is 2. The van der Waals surface area contributed by atoms with Gasteiger partial charge in [0.2, 0.25) is 0 Å². The SMILES string of the molecule is CC(=O)C1=CC[C@H]2[C@@H]3CC[C@@H]4CC(=O)CC[C@]4(C)[C@H]3CC[C@]12C. The maximum atomic E-state index is 12.1. The molecule has 4 aliphatic carbocycles. The predicted molar refractivity (Wildman–Crippen MR) is 90.9 cm³/mol. The molecule has 2 nitrogen and oxygen atoms in total. The minimum absolute atomic E-state index is 0.126. The first-order valence-electron chi connectivity index (χ1n) is 9.59. The van der Waals surface area contributed by atoms with Gasteiger partial charge in [-0.1, -0.05) is 19.9 Å². The molecule has 0 N–H and O–H groups in total. The monoisotopic (exact) mass is 314 g/mol. The first-order chi connectivity index (χ1) is 10.9. The van der Waals surface area contributed by atoms with Gasteiger partial charge in [0.15, 0.2) is 5.78 Å². The number of rotatable bonds is 1. The van der Waals surface area contributed by atoms with Crippen molar-refractivity contribution in [3.8, 4) is 0 Å². The normalized spacial score (nSPS) is 49.0. The molecule has 23 heavy (non-hydrogen) atoms. The molecular weight excluding hydrogens is 284 g/mol. The Hall–Kier alpha value is -0.920. The summed E-state index contributed by atoms with van der Waals surface area (Å²) in [4.78, 5) is 24.0. The van der Waals surface area contributed by atoms with E-state index in [2.05, 4.69) is 19.9 Å². The zero-order valence-corrected chi connectivity index (χ0v) is 14.9. The minimum Gasteiger partial charge on any atom is -0.300 e. The largest absolute Gasteiger partial charge is 0.300 e. The molecule has 3 saturated carbocycles. The molecule has 126 valence electrons. The molecule has 3 fully saturated rings. The highest BCUT2D eigenvalue weighted by Gasteiger charge is 2.58. The standard InChI is InChI=1S/C21H30O2/c1-13(22)17-6-7-18-16-5-4-14-12-15(23)8-10-20(14,2)19(16)9-11-21(17,18)3/h6,14,16,18-19H,4-5,7-12H2,1-3H3/t14-,16+,18+,19+,20+,21-/m1/s1. The second-order valence-electron chi connectivity index (χ2n) is 9.27. The fourth-order valence-corrected chi connectivity index (χ4v) is 7.16. The Kier molecular flexibility index (Phi) is 3.42. The Balaban J connectivity index is 1.63. The van der Waals surface area contributed by atoms with Gasteiger partial charge in [-0.3, -0.25) is 9.59 Å². The molecule has 0 amide bonds. The third-order valence-corrected chi connectivity index (χ3v) is 8.44. The lowest BCUT2D eigenvalue weighted by Gasteiger charge is -2.60. The highest BCUT2D eigenvalue weighted by atomic mass is 16.1. The van der Waals surface area contributed by atoms with Crippen LogP contribution in [0.3, 0.4) is 0 Å². The molecule has 0 aromatic heterocycles. The Morgan fingerprint density at radius 1 is 1.13 bits per heavy atom. The second-order valence-corrected chi connectivity index (χ2v) is 9.27.